The predicted octanol–water partition coefficient (Wildman–Crippen LogP) is 3.37. The molecule has 0 aromatic heterocycles. The van der Waals surface area contributed by atoms with E-state index in [2.05, 4.69) is 22.3 Å². The van der Waals surface area contributed by atoms with Crippen LogP contribution in [0.15, 0.2) is 54.6 Å². The molecule has 0 spiro atoms. The fourth-order valence-corrected chi connectivity index (χ4v) is 3.76. The van der Waals surface area contributed by atoms with Crippen molar-refractivity contribution in [2.45, 2.75) is 32.0 Å². The van der Waals surface area contributed by atoms with Gasteiger partial charge in [0.05, 0.1) is 12.5 Å². The highest BCUT2D eigenvalue weighted by Crippen LogP contribution is 2.26. The van der Waals surface area contributed by atoms with Crippen molar-refractivity contribution in [1.29, 1.82) is 0 Å². The smallest absolute Gasteiger partial charge is 0.225 e. The van der Waals surface area contributed by atoms with Gasteiger partial charge in [-0.1, -0.05) is 42.5 Å². The van der Waals surface area contributed by atoms with Crippen LogP contribution in [0.5, 0.6) is 0 Å². The van der Waals surface area contributed by atoms with Crippen LogP contribution in [0.3, 0.4) is 0 Å². The molecule has 1 heterocycles. The molecule has 4 nitrogen and oxygen atoms in total. The van der Waals surface area contributed by atoms with Crippen molar-refractivity contribution in [1.82, 2.24) is 10.2 Å². The monoisotopic (exact) mass is 370 g/mol. The number of ether oxygens (including phenoxy) is 1. The molecule has 1 saturated heterocycles. The Balaban J connectivity index is 1.64. The number of nitrogens with zero attached hydrogens (tertiary/aromatic N) is 1. The Morgan fingerprint density at radius 1 is 1.15 bits per heavy atom. The molecular weight excluding hydrogens is 343 g/mol. The van der Waals surface area contributed by atoms with Crippen LogP contribution in [-0.2, 0) is 22.6 Å². The highest BCUT2D eigenvalue weighted by atomic mass is 19.1. The maximum Gasteiger partial charge on any atom is 0.225 e. The quantitative estimate of drug-likeness (QED) is 0.813. The third kappa shape index (κ3) is 5.37. The van der Waals surface area contributed by atoms with Crippen molar-refractivity contribution >= 4 is 5.91 Å². The fraction of sp³-hybridized carbons (Fsp3) is 0.409. The number of carbonyl (C=O) groups is 1. The van der Waals surface area contributed by atoms with Gasteiger partial charge in [-0.15, -0.1) is 0 Å². The van der Waals surface area contributed by atoms with Crippen LogP contribution in [-0.4, -0.2) is 37.1 Å². The van der Waals surface area contributed by atoms with E-state index in [9.17, 15) is 9.18 Å². The minimum absolute atomic E-state index is 0.0409. The average molecular weight is 370 g/mol. The number of piperidine rings is 1. The molecule has 1 amide bonds. The van der Waals surface area contributed by atoms with Crippen molar-refractivity contribution in [3.63, 3.8) is 0 Å². The number of halogens is 1. The molecule has 0 aliphatic carbocycles. The number of likely N-dealkylation sites (tertiary alicyclic amines) is 1. The SMILES string of the molecule is COC[C@@H]1[C@H](C(=O)NCc2ccc(F)cc2)CCCN1Cc1ccccc1. The summed E-state index contributed by atoms with van der Waals surface area (Å²) in [6, 6.07) is 16.6. The van der Waals surface area contributed by atoms with Crippen LogP contribution in [0.1, 0.15) is 24.0 Å². The first kappa shape index (κ1) is 19.5. The van der Waals surface area contributed by atoms with Gasteiger partial charge in [0.25, 0.3) is 0 Å². The molecule has 144 valence electrons. The van der Waals surface area contributed by atoms with Crippen molar-refractivity contribution in [2.75, 3.05) is 20.3 Å². The first-order valence-electron chi connectivity index (χ1n) is 9.46. The van der Waals surface area contributed by atoms with Gasteiger partial charge in [-0.05, 0) is 42.6 Å². The summed E-state index contributed by atoms with van der Waals surface area (Å²) in [5, 5.41) is 3.02. The molecule has 1 N–H and O–H groups in total. The first-order valence-corrected chi connectivity index (χ1v) is 9.46. The van der Waals surface area contributed by atoms with E-state index in [4.69, 9.17) is 4.74 Å². The number of methoxy groups -OCH3 is 1. The van der Waals surface area contributed by atoms with Crippen LogP contribution < -0.4 is 5.32 Å². The lowest BCUT2D eigenvalue weighted by Crippen LogP contribution is -2.52. The largest absolute Gasteiger partial charge is 0.383 e. The Labute approximate surface area is 160 Å². The Bertz CT molecular complexity index is 721. The summed E-state index contributed by atoms with van der Waals surface area (Å²) >= 11 is 0. The zero-order valence-corrected chi connectivity index (χ0v) is 15.7. The third-order valence-electron chi connectivity index (χ3n) is 5.18. The summed E-state index contributed by atoms with van der Waals surface area (Å²) in [6.07, 6.45) is 1.84. The van der Waals surface area contributed by atoms with E-state index in [0.29, 0.717) is 13.2 Å². The van der Waals surface area contributed by atoms with Crippen molar-refractivity contribution < 1.29 is 13.9 Å². The van der Waals surface area contributed by atoms with E-state index in [1.165, 1.54) is 17.7 Å². The second-order valence-electron chi connectivity index (χ2n) is 7.07. The Morgan fingerprint density at radius 2 is 1.89 bits per heavy atom. The topological polar surface area (TPSA) is 41.6 Å². The third-order valence-corrected chi connectivity index (χ3v) is 5.18. The van der Waals surface area contributed by atoms with E-state index in [1.54, 1.807) is 19.2 Å². The van der Waals surface area contributed by atoms with E-state index >= 15 is 0 Å². The van der Waals surface area contributed by atoms with E-state index in [-0.39, 0.29) is 23.7 Å². The summed E-state index contributed by atoms with van der Waals surface area (Å²) in [4.78, 5) is 15.2. The number of rotatable bonds is 7. The van der Waals surface area contributed by atoms with Crippen molar-refractivity contribution in [2.24, 2.45) is 5.92 Å². The molecule has 3 rings (SSSR count). The fourth-order valence-electron chi connectivity index (χ4n) is 3.76. The zero-order chi connectivity index (χ0) is 19.1. The van der Waals surface area contributed by atoms with Gasteiger partial charge >= 0.3 is 0 Å². The van der Waals surface area contributed by atoms with Crippen LogP contribution in [0.25, 0.3) is 0 Å². The molecule has 0 unspecified atom stereocenters. The summed E-state index contributed by atoms with van der Waals surface area (Å²) in [5.74, 6) is -0.337. The highest BCUT2D eigenvalue weighted by molar-refractivity contribution is 5.79. The van der Waals surface area contributed by atoms with Crippen LogP contribution in [0.4, 0.5) is 4.39 Å². The standard InChI is InChI=1S/C22H27FN2O2/c1-27-16-21-20(22(26)24-14-17-9-11-19(23)12-10-17)8-5-13-25(21)15-18-6-3-2-4-7-18/h2-4,6-7,9-12,20-21H,5,8,13-16H2,1H3,(H,24,26)/t20-,21-/m1/s1. The number of amides is 1. The molecule has 0 bridgehead atoms. The molecule has 1 aliphatic rings. The van der Waals surface area contributed by atoms with E-state index in [0.717, 1.165) is 31.5 Å². The molecule has 2 aromatic carbocycles. The number of hydrogen-bond acceptors (Lipinski definition) is 3. The van der Waals surface area contributed by atoms with Gasteiger partial charge in [-0.2, -0.15) is 0 Å². The van der Waals surface area contributed by atoms with Crippen molar-refractivity contribution in [3.05, 3.63) is 71.5 Å². The molecule has 1 fully saturated rings. The molecule has 1 aliphatic heterocycles. The lowest BCUT2D eigenvalue weighted by Gasteiger charge is -2.40. The second-order valence-corrected chi connectivity index (χ2v) is 7.07. The average Bonchev–Trinajstić information content (AvgIpc) is 2.69. The van der Waals surface area contributed by atoms with Crippen LogP contribution in [0.2, 0.25) is 0 Å². The number of hydrogen-bond donors (Lipinski definition) is 1. The van der Waals surface area contributed by atoms with Gasteiger partial charge in [0.1, 0.15) is 5.82 Å². The minimum atomic E-state index is -0.269. The van der Waals surface area contributed by atoms with E-state index < -0.39 is 0 Å². The maximum absolute atomic E-state index is 13.0. The molecule has 27 heavy (non-hydrogen) atoms. The summed E-state index contributed by atoms with van der Waals surface area (Å²) < 4.78 is 18.5. The lowest BCUT2D eigenvalue weighted by molar-refractivity contribution is -0.130. The van der Waals surface area contributed by atoms with Gasteiger partial charge in [0, 0.05) is 26.2 Å². The van der Waals surface area contributed by atoms with E-state index in [1.807, 2.05) is 18.2 Å². The van der Waals surface area contributed by atoms with Gasteiger partial charge in [0.15, 0.2) is 0 Å². The normalized spacial score (nSPS) is 20.4. The molecular formula is C22H27FN2O2. The number of nitrogens with one attached hydrogen (secondary N) is 1. The number of carbonyl (C=O) groups excluding carboxylic acids is 1. The Hall–Kier alpha value is -2.24. The second kappa shape index (κ2) is 9.62. The summed E-state index contributed by atoms with van der Waals surface area (Å²) in [6.45, 7) is 2.72. The molecule has 2 atom stereocenters. The van der Waals surface area contributed by atoms with Gasteiger partial charge in [-0.25, -0.2) is 4.39 Å². The maximum atomic E-state index is 13.0. The Kier molecular flexibility index (Phi) is 6.96. The molecule has 5 heteroatoms. The van der Waals surface area contributed by atoms with Crippen LogP contribution in [0, 0.1) is 11.7 Å². The summed E-state index contributed by atoms with van der Waals surface area (Å²) in [7, 11) is 1.68. The van der Waals surface area contributed by atoms with Crippen LogP contribution >= 0.6 is 0 Å². The highest BCUT2D eigenvalue weighted by Gasteiger charge is 2.35. The zero-order valence-electron chi connectivity index (χ0n) is 15.7. The minimum Gasteiger partial charge on any atom is -0.383 e. The molecule has 0 saturated carbocycles. The Morgan fingerprint density at radius 3 is 2.59 bits per heavy atom. The number of benzene rings is 2. The molecule has 2 aromatic rings. The van der Waals surface area contributed by atoms with Crippen molar-refractivity contribution in [3.8, 4) is 0 Å². The first-order chi connectivity index (χ1) is 13.2. The molecule has 0 radical (unpaired) electrons. The predicted molar refractivity (Wildman–Crippen MR) is 103 cm³/mol. The van der Waals surface area contributed by atoms with Gasteiger partial charge in [0.2, 0.25) is 5.91 Å². The summed E-state index contributed by atoms with van der Waals surface area (Å²) in [5.41, 5.74) is 2.14. The lowest BCUT2D eigenvalue weighted by atomic mass is 9.88. The van der Waals surface area contributed by atoms with Gasteiger partial charge < -0.3 is 10.1 Å². The van der Waals surface area contributed by atoms with Gasteiger partial charge in [-0.3, -0.25) is 9.69 Å².